The molecule has 0 aromatic heterocycles. The normalized spacial score (nSPS) is 29.1. The monoisotopic (exact) mass is 303 g/mol. The first-order chi connectivity index (χ1) is 7.47. The molecule has 2 N–H and O–H groups in total. The van der Waals surface area contributed by atoms with Crippen LogP contribution >= 0.6 is 15.9 Å². The molecule has 0 spiro atoms. The molecule has 0 amide bonds. The summed E-state index contributed by atoms with van der Waals surface area (Å²) in [5.41, 5.74) is 6.86. The minimum Gasteiger partial charge on any atom is -0.326 e. The second-order valence-corrected chi connectivity index (χ2v) is 7.43. The molecule has 0 saturated heterocycles. The highest BCUT2D eigenvalue weighted by Crippen LogP contribution is 2.45. The fourth-order valence-electron chi connectivity index (χ4n) is 2.06. The number of sulfone groups is 1. The lowest BCUT2D eigenvalue weighted by Crippen LogP contribution is -2.17. The number of rotatable bonds is 3. The molecule has 88 valence electrons. The average molecular weight is 304 g/mol. The smallest absolute Gasteiger partial charge is 0.155 e. The van der Waals surface area contributed by atoms with Gasteiger partial charge in [0.1, 0.15) is 0 Å². The highest BCUT2D eigenvalue weighted by atomic mass is 79.9. The summed E-state index contributed by atoms with van der Waals surface area (Å²) in [7, 11) is -3.02. The lowest BCUT2D eigenvalue weighted by atomic mass is 10.1. The first-order valence-corrected chi connectivity index (χ1v) is 7.71. The van der Waals surface area contributed by atoms with Crippen LogP contribution in [0.3, 0.4) is 0 Å². The molecule has 1 fully saturated rings. The SMILES string of the molecule is CCS(=O)(=O)[C@H]1[C@@H](N)[C@@H]1c1ccc(Br)cc1. The van der Waals surface area contributed by atoms with Gasteiger partial charge in [-0.3, -0.25) is 0 Å². The Morgan fingerprint density at radius 1 is 1.31 bits per heavy atom. The maximum Gasteiger partial charge on any atom is 0.155 e. The van der Waals surface area contributed by atoms with E-state index in [4.69, 9.17) is 5.73 Å². The topological polar surface area (TPSA) is 60.2 Å². The van der Waals surface area contributed by atoms with E-state index >= 15 is 0 Å². The summed E-state index contributed by atoms with van der Waals surface area (Å²) in [5.74, 6) is 0.135. The Kier molecular flexibility index (Phi) is 3.11. The molecular weight excluding hydrogens is 290 g/mol. The summed E-state index contributed by atoms with van der Waals surface area (Å²) in [5, 5.41) is -0.390. The van der Waals surface area contributed by atoms with Crippen LogP contribution in [0, 0.1) is 0 Å². The van der Waals surface area contributed by atoms with E-state index < -0.39 is 15.1 Å². The van der Waals surface area contributed by atoms with Crippen molar-refractivity contribution in [1.82, 2.24) is 0 Å². The van der Waals surface area contributed by atoms with Crippen LogP contribution < -0.4 is 5.73 Å². The Labute approximate surface area is 104 Å². The molecule has 3 atom stereocenters. The minimum absolute atomic E-state index is 0.0296. The standard InChI is InChI=1S/C11H14BrNO2S/c1-2-16(14,15)11-9(10(11)13)7-3-5-8(12)6-4-7/h3-6,9-11H,2,13H2,1H3/t9-,10-,11+/m0/s1. The zero-order valence-corrected chi connectivity index (χ0v) is 11.3. The fraction of sp³-hybridized carbons (Fsp3) is 0.455. The molecule has 1 aliphatic carbocycles. The van der Waals surface area contributed by atoms with Gasteiger partial charge < -0.3 is 5.73 Å². The molecular formula is C11H14BrNO2S. The van der Waals surface area contributed by atoms with E-state index in [2.05, 4.69) is 15.9 Å². The van der Waals surface area contributed by atoms with Crippen molar-refractivity contribution in [1.29, 1.82) is 0 Å². The lowest BCUT2D eigenvalue weighted by Gasteiger charge is -2.00. The fourth-order valence-corrected chi connectivity index (χ4v) is 4.05. The van der Waals surface area contributed by atoms with Crippen LogP contribution in [-0.2, 0) is 9.84 Å². The van der Waals surface area contributed by atoms with Crippen molar-refractivity contribution in [2.75, 3.05) is 5.75 Å². The van der Waals surface area contributed by atoms with E-state index in [1.807, 2.05) is 24.3 Å². The largest absolute Gasteiger partial charge is 0.326 e. The highest BCUT2D eigenvalue weighted by molar-refractivity contribution is 9.10. The first-order valence-electron chi connectivity index (χ1n) is 5.20. The van der Waals surface area contributed by atoms with Crippen molar-refractivity contribution in [3.05, 3.63) is 34.3 Å². The average Bonchev–Trinajstić information content (AvgIpc) is 2.92. The van der Waals surface area contributed by atoms with Gasteiger partial charge >= 0.3 is 0 Å². The van der Waals surface area contributed by atoms with Gasteiger partial charge in [0.05, 0.1) is 5.25 Å². The Morgan fingerprint density at radius 2 is 1.88 bits per heavy atom. The van der Waals surface area contributed by atoms with Crippen molar-refractivity contribution >= 4 is 25.8 Å². The predicted molar refractivity (Wildman–Crippen MR) is 68.1 cm³/mol. The maximum atomic E-state index is 11.7. The molecule has 1 saturated carbocycles. The van der Waals surface area contributed by atoms with E-state index in [0.717, 1.165) is 10.0 Å². The molecule has 0 radical (unpaired) electrons. The summed E-state index contributed by atoms with van der Waals surface area (Å²) < 4.78 is 24.5. The van der Waals surface area contributed by atoms with Gasteiger partial charge in [-0.25, -0.2) is 8.42 Å². The third kappa shape index (κ3) is 2.04. The van der Waals surface area contributed by atoms with E-state index in [0.29, 0.717) is 0 Å². The zero-order chi connectivity index (χ0) is 11.9. The molecule has 16 heavy (non-hydrogen) atoms. The van der Waals surface area contributed by atoms with E-state index in [-0.39, 0.29) is 17.7 Å². The van der Waals surface area contributed by atoms with Crippen molar-refractivity contribution in [3.63, 3.8) is 0 Å². The predicted octanol–water partition coefficient (Wildman–Crippen LogP) is 1.68. The van der Waals surface area contributed by atoms with E-state index in [1.54, 1.807) is 6.92 Å². The third-order valence-corrected chi connectivity index (χ3v) is 5.85. The van der Waals surface area contributed by atoms with Crippen LogP contribution in [0.15, 0.2) is 28.7 Å². The molecule has 1 aromatic rings. The summed E-state index contributed by atoms with van der Waals surface area (Å²) in [6, 6.07) is 7.44. The van der Waals surface area contributed by atoms with Gasteiger partial charge in [0.25, 0.3) is 0 Å². The Hall–Kier alpha value is -0.390. The second-order valence-electron chi connectivity index (χ2n) is 4.07. The molecule has 0 unspecified atom stereocenters. The number of hydrogen-bond acceptors (Lipinski definition) is 3. The van der Waals surface area contributed by atoms with E-state index in [9.17, 15) is 8.42 Å². The Morgan fingerprint density at radius 3 is 2.38 bits per heavy atom. The molecule has 0 heterocycles. The third-order valence-electron chi connectivity index (χ3n) is 3.08. The van der Waals surface area contributed by atoms with Crippen molar-refractivity contribution in [3.8, 4) is 0 Å². The summed E-state index contributed by atoms with van der Waals surface area (Å²) in [6.45, 7) is 1.67. The molecule has 0 bridgehead atoms. The second kappa shape index (κ2) is 4.13. The van der Waals surface area contributed by atoms with Crippen LogP contribution in [0.25, 0.3) is 0 Å². The maximum absolute atomic E-state index is 11.7. The van der Waals surface area contributed by atoms with Gasteiger partial charge in [-0.05, 0) is 17.7 Å². The van der Waals surface area contributed by atoms with Gasteiger partial charge in [0.15, 0.2) is 9.84 Å². The Bertz CT molecular complexity index is 483. The van der Waals surface area contributed by atoms with E-state index in [1.165, 1.54) is 0 Å². The molecule has 1 aromatic carbocycles. The van der Waals surface area contributed by atoms with Crippen LogP contribution in [0.5, 0.6) is 0 Å². The number of benzene rings is 1. The molecule has 5 heteroatoms. The summed E-state index contributed by atoms with van der Waals surface area (Å²) in [6.07, 6.45) is 0. The van der Waals surface area contributed by atoms with Gasteiger partial charge in [0.2, 0.25) is 0 Å². The molecule has 2 rings (SSSR count). The summed E-state index contributed by atoms with van der Waals surface area (Å²) >= 11 is 3.35. The number of nitrogens with two attached hydrogens (primary N) is 1. The molecule has 0 aliphatic heterocycles. The van der Waals surface area contributed by atoms with Crippen molar-refractivity contribution < 1.29 is 8.42 Å². The molecule has 3 nitrogen and oxygen atoms in total. The van der Waals surface area contributed by atoms with Crippen molar-refractivity contribution in [2.24, 2.45) is 5.73 Å². The quantitative estimate of drug-likeness (QED) is 0.924. The van der Waals surface area contributed by atoms with Crippen LogP contribution in [0.1, 0.15) is 18.4 Å². The first kappa shape index (κ1) is 12.1. The van der Waals surface area contributed by atoms with Crippen LogP contribution in [-0.4, -0.2) is 25.5 Å². The zero-order valence-electron chi connectivity index (χ0n) is 8.93. The van der Waals surface area contributed by atoms with Crippen molar-refractivity contribution in [2.45, 2.75) is 24.1 Å². The highest BCUT2D eigenvalue weighted by Gasteiger charge is 2.55. The summed E-state index contributed by atoms with van der Waals surface area (Å²) in [4.78, 5) is 0. The van der Waals surface area contributed by atoms with Crippen LogP contribution in [0.4, 0.5) is 0 Å². The van der Waals surface area contributed by atoms with Gasteiger partial charge in [-0.2, -0.15) is 0 Å². The van der Waals surface area contributed by atoms with Gasteiger partial charge in [-0.1, -0.05) is 35.0 Å². The number of hydrogen-bond donors (Lipinski definition) is 1. The minimum atomic E-state index is -3.02. The number of halogens is 1. The Balaban J connectivity index is 2.24. The van der Waals surface area contributed by atoms with Crippen LogP contribution in [0.2, 0.25) is 0 Å². The van der Waals surface area contributed by atoms with Gasteiger partial charge in [0, 0.05) is 22.2 Å². The molecule has 1 aliphatic rings. The van der Waals surface area contributed by atoms with Gasteiger partial charge in [-0.15, -0.1) is 0 Å². The lowest BCUT2D eigenvalue weighted by molar-refractivity contribution is 0.594.